The lowest BCUT2D eigenvalue weighted by Gasteiger charge is -2.49. The first kappa shape index (κ1) is 22.0. The van der Waals surface area contributed by atoms with Crippen LogP contribution in [0.1, 0.15) is 80.1 Å². The molecule has 0 aromatic rings. The zero-order chi connectivity index (χ0) is 20.3. The first-order valence-corrected chi connectivity index (χ1v) is 10.2. The Bertz CT molecular complexity index is 526. The average molecular weight is 384 g/mol. The minimum absolute atomic E-state index is 0.0543. The Morgan fingerprint density at radius 2 is 1.52 bits per heavy atom. The van der Waals surface area contributed by atoms with Gasteiger partial charge in [-0.15, -0.1) is 0 Å². The molecule has 0 radical (unpaired) electrons. The fraction of sp³-hybridized carbons (Fsp3) is 0.905. The maximum absolute atomic E-state index is 12.5. The van der Waals surface area contributed by atoms with Crippen molar-refractivity contribution in [2.24, 2.45) is 5.41 Å². The van der Waals surface area contributed by atoms with E-state index in [1.165, 1.54) is 19.3 Å². The predicted octanol–water partition coefficient (Wildman–Crippen LogP) is 4.30. The van der Waals surface area contributed by atoms with E-state index in [1.54, 1.807) is 4.90 Å². The Balaban J connectivity index is 2.04. The third-order valence-electron chi connectivity index (χ3n) is 5.27. The number of esters is 1. The highest BCUT2D eigenvalue weighted by Crippen LogP contribution is 2.46. The van der Waals surface area contributed by atoms with E-state index in [-0.39, 0.29) is 30.2 Å². The maximum Gasteiger partial charge on any atom is 0.410 e. The standard InChI is InChI=1S/C21H37NO5/c1-19(2,3)26-17(23)15-25-16-14-22(18(24)27-20(4,5)6)13-12-21(16)10-8-7-9-11-21/h16H,7-15H2,1-6H3. The van der Waals surface area contributed by atoms with Crippen molar-refractivity contribution in [3.8, 4) is 0 Å². The molecule has 2 aliphatic rings. The van der Waals surface area contributed by atoms with E-state index in [1.807, 2.05) is 41.5 Å². The maximum atomic E-state index is 12.5. The quantitative estimate of drug-likeness (QED) is 0.680. The fourth-order valence-corrected chi connectivity index (χ4v) is 4.09. The molecule has 156 valence electrons. The molecule has 1 unspecified atom stereocenters. The molecule has 0 aromatic carbocycles. The molecule has 2 fully saturated rings. The van der Waals surface area contributed by atoms with Crippen LogP contribution in [-0.4, -0.2) is 54.0 Å². The van der Waals surface area contributed by atoms with Crippen LogP contribution in [0.25, 0.3) is 0 Å². The summed E-state index contributed by atoms with van der Waals surface area (Å²) < 4.78 is 17.0. The molecule has 0 aromatic heterocycles. The van der Waals surface area contributed by atoms with Gasteiger partial charge in [0.2, 0.25) is 0 Å². The summed E-state index contributed by atoms with van der Waals surface area (Å²) in [6.45, 7) is 12.2. The van der Waals surface area contributed by atoms with Crippen LogP contribution in [0.5, 0.6) is 0 Å². The van der Waals surface area contributed by atoms with Crippen molar-refractivity contribution in [3.05, 3.63) is 0 Å². The number of rotatable bonds is 3. The molecular weight excluding hydrogens is 346 g/mol. The van der Waals surface area contributed by atoms with Crippen molar-refractivity contribution in [2.75, 3.05) is 19.7 Å². The lowest BCUT2D eigenvalue weighted by molar-refractivity contribution is -0.169. The van der Waals surface area contributed by atoms with Gasteiger partial charge in [-0.25, -0.2) is 9.59 Å². The van der Waals surface area contributed by atoms with Gasteiger partial charge in [0.1, 0.15) is 17.8 Å². The van der Waals surface area contributed by atoms with E-state index in [0.29, 0.717) is 13.1 Å². The Morgan fingerprint density at radius 1 is 0.926 bits per heavy atom. The van der Waals surface area contributed by atoms with Crippen LogP contribution in [0, 0.1) is 5.41 Å². The molecule has 1 aliphatic carbocycles. The van der Waals surface area contributed by atoms with Crippen LogP contribution in [0.15, 0.2) is 0 Å². The minimum atomic E-state index is -0.530. The van der Waals surface area contributed by atoms with Crippen LogP contribution in [0.2, 0.25) is 0 Å². The van der Waals surface area contributed by atoms with Gasteiger partial charge in [0.25, 0.3) is 0 Å². The second-order valence-corrected chi connectivity index (χ2v) is 9.99. The molecule has 0 N–H and O–H groups in total. The van der Waals surface area contributed by atoms with Gasteiger partial charge in [0, 0.05) is 12.0 Å². The summed E-state index contributed by atoms with van der Waals surface area (Å²) in [5.74, 6) is -0.358. The van der Waals surface area contributed by atoms with E-state index in [9.17, 15) is 9.59 Å². The third-order valence-corrected chi connectivity index (χ3v) is 5.27. The minimum Gasteiger partial charge on any atom is -0.458 e. The molecule has 1 spiro atoms. The number of amides is 1. The molecule has 1 amide bonds. The first-order chi connectivity index (χ1) is 12.4. The Hall–Kier alpha value is -1.30. The van der Waals surface area contributed by atoms with Gasteiger partial charge in [-0.1, -0.05) is 19.3 Å². The van der Waals surface area contributed by atoms with E-state index < -0.39 is 11.2 Å². The number of hydrogen-bond acceptors (Lipinski definition) is 5. The Morgan fingerprint density at radius 3 is 2.07 bits per heavy atom. The zero-order valence-corrected chi connectivity index (χ0v) is 17.9. The monoisotopic (exact) mass is 383 g/mol. The van der Waals surface area contributed by atoms with Crippen LogP contribution in [0.4, 0.5) is 4.79 Å². The van der Waals surface area contributed by atoms with Crippen LogP contribution in [0.3, 0.4) is 0 Å². The van der Waals surface area contributed by atoms with Gasteiger partial charge < -0.3 is 19.1 Å². The highest BCUT2D eigenvalue weighted by Gasteiger charge is 2.46. The topological polar surface area (TPSA) is 65.1 Å². The van der Waals surface area contributed by atoms with Crippen molar-refractivity contribution in [3.63, 3.8) is 0 Å². The average Bonchev–Trinajstić information content (AvgIpc) is 2.51. The molecule has 1 atom stereocenters. The number of hydrogen-bond donors (Lipinski definition) is 0. The van der Waals surface area contributed by atoms with Crippen molar-refractivity contribution in [1.82, 2.24) is 4.90 Å². The van der Waals surface area contributed by atoms with Crippen molar-refractivity contribution >= 4 is 12.1 Å². The molecular formula is C21H37NO5. The summed E-state index contributed by atoms with van der Waals surface area (Å²) >= 11 is 0. The van der Waals surface area contributed by atoms with Gasteiger partial charge in [-0.3, -0.25) is 0 Å². The predicted molar refractivity (Wildman–Crippen MR) is 104 cm³/mol. The summed E-state index contributed by atoms with van der Waals surface area (Å²) in [5.41, 5.74) is -0.999. The zero-order valence-electron chi connectivity index (χ0n) is 17.9. The van der Waals surface area contributed by atoms with Gasteiger partial charge in [0.05, 0.1) is 12.6 Å². The Kier molecular flexibility index (Phi) is 6.82. The van der Waals surface area contributed by atoms with Crippen LogP contribution < -0.4 is 0 Å². The lowest BCUT2D eigenvalue weighted by Crippen LogP contribution is -2.55. The Labute approximate surface area is 163 Å². The lowest BCUT2D eigenvalue weighted by atomic mass is 9.66. The van der Waals surface area contributed by atoms with Gasteiger partial charge in [0.15, 0.2) is 0 Å². The second kappa shape index (κ2) is 8.38. The van der Waals surface area contributed by atoms with E-state index in [2.05, 4.69) is 0 Å². The summed E-state index contributed by atoms with van der Waals surface area (Å²) in [5, 5.41) is 0. The molecule has 1 saturated heterocycles. The fourth-order valence-electron chi connectivity index (χ4n) is 4.09. The van der Waals surface area contributed by atoms with E-state index >= 15 is 0 Å². The van der Waals surface area contributed by atoms with Gasteiger partial charge >= 0.3 is 12.1 Å². The number of piperidine rings is 1. The van der Waals surface area contributed by atoms with Crippen molar-refractivity contribution in [2.45, 2.75) is 97.4 Å². The molecule has 1 saturated carbocycles. The highest BCUT2D eigenvalue weighted by atomic mass is 16.6. The summed E-state index contributed by atoms with van der Waals surface area (Å²) in [6, 6.07) is 0. The van der Waals surface area contributed by atoms with Crippen molar-refractivity contribution in [1.29, 1.82) is 0 Å². The third kappa shape index (κ3) is 6.66. The number of nitrogens with zero attached hydrogens (tertiary/aromatic N) is 1. The van der Waals surface area contributed by atoms with Crippen LogP contribution >= 0.6 is 0 Å². The molecule has 27 heavy (non-hydrogen) atoms. The van der Waals surface area contributed by atoms with E-state index in [0.717, 1.165) is 19.3 Å². The number of ether oxygens (including phenoxy) is 3. The highest BCUT2D eigenvalue weighted by molar-refractivity contribution is 5.71. The largest absolute Gasteiger partial charge is 0.458 e. The number of carbonyl (C=O) groups excluding carboxylic acids is 2. The molecule has 0 bridgehead atoms. The normalized spacial score (nSPS) is 23.2. The molecule has 2 rings (SSSR count). The van der Waals surface area contributed by atoms with Gasteiger partial charge in [-0.05, 0) is 60.8 Å². The molecule has 1 heterocycles. The summed E-state index contributed by atoms with van der Waals surface area (Å²) in [7, 11) is 0. The first-order valence-electron chi connectivity index (χ1n) is 10.2. The summed E-state index contributed by atoms with van der Waals surface area (Å²) in [6.07, 6.45) is 6.21. The SMILES string of the molecule is CC(C)(C)OC(=O)COC1CN(C(=O)OC(C)(C)C)CCC12CCCCC2. The number of carbonyl (C=O) groups is 2. The van der Waals surface area contributed by atoms with Crippen molar-refractivity contribution < 1.29 is 23.8 Å². The molecule has 1 aliphatic heterocycles. The van der Waals surface area contributed by atoms with Crippen LogP contribution in [-0.2, 0) is 19.0 Å². The second-order valence-electron chi connectivity index (χ2n) is 9.99. The number of likely N-dealkylation sites (tertiary alicyclic amines) is 1. The summed E-state index contributed by atoms with van der Waals surface area (Å²) in [4.78, 5) is 26.4. The van der Waals surface area contributed by atoms with Gasteiger partial charge in [-0.2, -0.15) is 0 Å². The molecule has 6 heteroatoms. The van der Waals surface area contributed by atoms with E-state index in [4.69, 9.17) is 14.2 Å². The molecule has 6 nitrogen and oxygen atoms in total. The smallest absolute Gasteiger partial charge is 0.410 e.